The summed E-state index contributed by atoms with van der Waals surface area (Å²) in [6.45, 7) is 11.7. The Bertz CT molecular complexity index is 1400. The maximum absolute atomic E-state index is 13.6. The van der Waals surface area contributed by atoms with E-state index in [1.165, 1.54) is 34.9 Å². The largest absolute Gasteiger partial charge is 0.489 e. The quantitative estimate of drug-likeness (QED) is 0.286. The predicted molar refractivity (Wildman–Crippen MR) is 150 cm³/mol. The molecule has 39 heavy (non-hydrogen) atoms. The lowest BCUT2D eigenvalue weighted by molar-refractivity contribution is 0.0964. The van der Waals surface area contributed by atoms with E-state index in [2.05, 4.69) is 44.8 Å². The Kier molecular flexibility index (Phi) is 7.69. The van der Waals surface area contributed by atoms with Crippen LogP contribution in [-0.2, 0) is 12.0 Å². The van der Waals surface area contributed by atoms with Crippen LogP contribution in [0.1, 0.15) is 90.5 Å². The summed E-state index contributed by atoms with van der Waals surface area (Å²) >= 11 is 0. The van der Waals surface area contributed by atoms with Gasteiger partial charge in [-0.25, -0.2) is 4.68 Å². The molecule has 0 amide bonds. The van der Waals surface area contributed by atoms with Crippen molar-refractivity contribution in [1.82, 2.24) is 19.4 Å². The van der Waals surface area contributed by atoms with E-state index in [0.29, 0.717) is 47.9 Å². The number of carbonyl (C=O) groups is 1. The molecule has 3 aromatic rings. The summed E-state index contributed by atoms with van der Waals surface area (Å²) in [6, 6.07) is 7.25. The van der Waals surface area contributed by atoms with Crippen molar-refractivity contribution < 1.29 is 20.4 Å². The molecule has 0 aliphatic heterocycles. The normalized spacial score (nSPS) is 15.6. The Morgan fingerprint density at radius 2 is 1.72 bits per heavy atom. The van der Waals surface area contributed by atoms with E-state index in [1.807, 2.05) is 12.1 Å². The first-order valence-corrected chi connectivity index (χ1v) is 14.3. The fraction of sp³-hybridized carbons (Fsp3) is 0.600. The summed E-state index contributed by atoms with van der Waals surface area (Å²) in [5.74, 6) is 2.85. The molecule has 0 saturated heterocycles. The number of rotatable bonds is 13. The Hall–Kier alpha value is -3.36. The summed E-state index contributed by atoms with van der Waals surface area (Å²) in [4.78, 5) is 13.6. The third-order valence-electron chi connectivity index (χ3n) is 7.47. The second-order valence-corrected chi connectivity index (χ2v) is 12.0. The van der Waals surface area contributed by atoms with Crippen molar-refractivity contribution in [1.29, 1.82) is 5.41 Å². The van der Waals surface area contributed by atoms with Gasteiger partial charge in [0.05, 0.1) is 19.3 Å². The molecule has 0 atom stereocenters. The fourth-order valence-corrected chi connectivity index (χ4v) is 4.49. The van der Waals surface area contributed by atoms with Gasteiger partial charge in [-0.1, -0.05) is 34.6 Å². The number of carbonyl (C=O) groups excluding carboxylic acids is 1. The smallest absolute Gasteiger partial charge is 0.242 e. The summed E-state index contributed by atoms with van der Waals surface area (Å²) in [7, 11) is 0. The minimum absolute atomic E-state index is 0. The van der Waals surface area contributed by atoms with Gasteiger partial charge in [0, 0.05) is 18.6 Å². The zero-order valence-electron chi connectivity index (χ0n) is 23.8. The van der Waals surface area contributed by atoms with Gasteiger partial charge >= 0.3 is 0 Å². The van der Waals surface area contributed by atoms with Crippen LogP contribution in [0.15, 0.2) is 24.3 Å². The van der Waals surface area contributed by atoms with Crippen LogP contribution >= 0.6 is 0 Å². The van der Waals surface area contributed by atoms with Crippen LogP contribution in [0.3, 0.4) is 0 Å². The average molecular weight is 538 g/mol. The summed E-state index contributed by atoms with van der Waals surface area (Å²) < 4.78 is 21.3. The number of hydrogen-bond donors (Lipinski definition) is 1. The molecular weight excluding hydrogens is 494 g/mol. The molecule has 5 rings (SSSR count). The van der Waals surface area contributed by atoms with Crippen molar-refractivity contribution in [3.63, 3.8) is 0 Å². The Morgan fingerprint density at radius 3 is 2.33 bits per heavy atom. The topological polar surface area (TPSA) is 104 Å². The summed E-state index contributed by atoms with van der Waals surface area (Å²) in [6.07, 6.45) is 6.56. The molecule has 9 nitrogen and oxygen atoms in total. The molecule has 1 N–H and O–H groups in total. The first-order chi connectivity index (χ1) is 18.7. The molecule has 1 aromatic carbocycles. The maximum Gasteiger partial charge on any atom is 0.242 e. The SMILES string of the molecule is CCC(CC)Oc1ccc2nn(CC(=O)c3cc(OCC4CC4)c(OCC4CC4)c(C(C)(C)C)c3)c(=N)n2n1.[HH]. The highest BCUT2D eigenvalue weighted by Gasteiger charge is 2.30. The monoisotopic (exact) mass is 537 g/mol. The van der Waals surface area contributed by atoms with Crippen LogP contribution in [-0.4, -0.2) is 44.5 Å². The molecule has 212 valence electrons. The molecule has 0 radical (unpaired) electrons. The standard InChI is InChI=1S/C30H41N5O4.H2/c1-6-22(7-2)39-27-13-12-26-32-34(29(31)35(26)33-27)16-24(36)21-14-23(30(3,4)5)28(38-18-20-10-11-20)25(15-21)37-17-19-8-9-19;/h12-15,19-20,22,31H,6-11,16-18H2,1-5H3;1H. The van der Waals surface area contributed by atoms with Crippen LogP contribution in [0.2, 0.25) is 0 Å². The van der Waals surface area contributed by atoms with E-state index < -0.39 is 0 Å². The molecule has 0 spiro atoms. The zero-order valence-corrected chi connectivity index (χ0v) is 23.8. The average Bonchev–Trinajstić information content (AvgIpc) is 3.84. The van der Waals surface area contributed by atoms with Gasteiger partial charge in [0.1, 0.15) is 6.54 Å². The van der Waals surface area contributed by atoms with Gasteiger partial charge in [-0.2, -0.15) is 4.52 Å². The number of aromatic nitrogens is 4. The van der Waals surface area contributed by atoms with E-state index in [9.17, 15) is 4.79 Å². The second-order valence-electron chi connectivity index (χ2n) is 12.0. The first-order valence-electron chi connectivity index (χ1n) is 14.3. The molecule has 2 aliphatic carbocycles. The molecule has 2 heterocycles. The number of nitrogens with one attached hydrogen (secondary N) is 1. The van der Waals surface area contributed by atoms with Crippen LogP contribution < -0.4 is 19.8 Å². The summed E-state index contributed by atoms with van der Waals surface area (Å²) in [5, 5.41) is 17.5. The molecule has 0 unspecified atom stereocenters. The van der Waals surface area contributed by atoms with Crippen molar-refractivity contribution in [2.75, 3.05) is 13.2 Å². The third kappa shape index (κ3) is 6.45. The van der Waals surface area contributed by atoms with Gasteiger partial charge in [-0.05, 0) is 74.0 Å². The predicted octanol–water partition coefficient (Wildman–Crippen LogP) is 5.58. The van der Waals surface area contributed by atoms with Gasteiger partial charge < -0.3 is 14.2 Å². The lowest BCUT2D eigenvalue weighted by Gasteiger charge is -2.26. The Balaban J connectivity index is 0.00000370. The van der Waals surface area contributed by atoms with Gasteiger partial charge in [0.2, 0.25) is 11.5 Å². The van der Waals surface area contributed by atoms with E-state index in [1.54, 1.807) is 12.1 Å². The minimum Gasteiger partial charge on any atom is -0.489 e. The van der Waals surface area contributed by atoms with Crippen molar-refractivity contribution in [3.8, 4) is 17.4 Å². The van der Waals surface area contributed by atoms with Crippen LogP contribution in [0.25, 0.3) is 5.65 Å². The second kappa shape index (κ2) is 11.0. The van der Waals surface area contributed by atoms with Gasteiger partial charge in [0.25, 0.3) is 0 Å². The minimum atomic E-state index is -0.251. The van der Waals surface area contributed by atoms with Gasteiger partial charge in [-0.3, -0.25) is 10.2 Å². The molecule has 2 fully saturated rings. The number of hydrogen-bond acceptors (Lipinski definition) is 7. The highest BCUT2D eigenvalue weighted by Crippen LogP contribution is 2.42. The molecular formula is C30H43N5O4. The van der Waals surface area contributed by atoms with Crippen LogP contribution in [0.4, 0.5) is 0 Å². The van der Waals surface area contributed by atoms with Crippen molar-refractivity contribution in [3.05, 3.63) is 41.0 Å². The number of nitrogens with zero attached hydrogens (tertiary/aromatic N) is 4. The highest BCUT2D eigenvalue weighted by molar-refractivity contribution is 5.97. The van der Waals surface area contributed by atoms with Crippen molar-refractivity contribution in [2.45, 2.75) is 91.2 Å². The van der Waals surface area contributed by atoms with E-state index in [4.69, 9.17) is 19.6 Å². The lowest BCUT2D eigenvalue weighted by atomic mass is 9.84. The highest BCUT2D eigenvalue weighted by atomic mass is 16.5. The van der Waals surface area contributed by atoms with Crippen molar-refractivity contribution >= 4 is 11.4 Å². The number of ketones is 1. The number of ether oxygens (including phenoxy) is 3. The van der Waals surface area contributed by atoms with E-state index in [-0.39, 0.29) is 30.9 Å². The Labute approximate surface area is 231 Å². The van der Waals surface area contributed by atoms with E-state index in [0.717, 1.165) is 24.2 Å². The van der Waals surface area contributed by atoms with Gasteiger partial charge in [-0.15, -0.1) is 10.2 Å². The Morgan fingerprint density at radius 1 is 1.05 bits per heavy atom. The molecule has 2 aliphatic rings. The molecule has 2 saturated carbocycles. The first kappa shape index (κ1) is 27.2. The van der Waals surface area contributed by atoms with E-state index >= 15 is 0 Å². The zero-order chi connectivity index (χ0) is 27.7. The van der Waals surface area contributed by atoms with Gasteiger partial charge in [0.15, 0.2) is 22.9 Å². The van der Waals surface area contributed by atoms with Crippen molar-refractivity contribution in [2.24, 2.45) is 11.8 Å². The molecule has 9 heteroatoms. The molecule has 2 aromatic heterocycles. The lowest BCUT2D eigenvalue weighted by Crippen LogP contribution is -2.27. The fourth-order valence-electron chi connectivity index (χ4n) is 4.49. The van der Waals surface area contributed by atoms with Crippen LogP contribution in [0, 0.1) is 17.2 Å². The maximum atomic E-state index is 13.6. The van der Waals surface area contributed by atoms with Crippen LogP contribution in [0.5, 0.6) is 17.4 Å². The number of Topliss-reactive ketones (excluding diaryl/α,β-unsaturated/α-hetero) is 1. The molecule has 0 bridgehead atoms. The third-order valence-corrected chi connectivity index (χ3v) is 7.47. The number of benzene rings is 1. The number of fused-ring (bicyclic) bond motifs is 1. The summed E-state index contributed by atoms with van der Waals surface area (Å²) in [5.41, 5.74) is 1.73.